The van der Waals surface area contributed by atoms with Crippen molar-refractivity contribution in [1.82, 2.24) is 19.5 Å². The van der Waals surface area contributed by atoms with E-state index in [1.165, 1.54) is 7.11 Å². The van der Waals surface area contributed by atoms with Crippen molar-refractivity contribution < 1.29 is 9.53 Å². The molecule has 5 rings (SSSR count). The number of ether oxygens (including phenoxy) is 1. The lowest BCUT2D eigenvalue weighted by molar-refractivity contribution is 0.0586. The molecule has 0 unspecified atom stereocenters. The number of piperazine rings is 1. The number of carbonyl (C=O) groups is 1. The summed E-state index contributed by atoms with van der Waals surface area (Å²) in [7, 11) is 3.33. The molecule has 1 aliphatic rings. The van der Waals surface area contributed by atoms with Crippen molar-refractivity contribution in [1.29, 1.82) is 0 Å². The fourth-order valence-electron chi connectivity index (χ4n) is 4.17. The lowest BCUT2D eigenvalue weighted by atomic mass is 10.1. The Kier molecular flexibility index (Phi) is 5.60. The van der Waals surface area contributed by atoms with Crippen molar-refractivity contribution >= 4 is 40.0 Å². The van der Waals surface area contributed by atoms with E-state index in [4.69, 9.17) is 16.6 Å². The summed E-state index contributed by atoms with van der Waals surface area (Å²) < 4.78 is 6.74. The van der Waals surface area contributed by atoms with Crippen LogP contribution < -0.4 is 9.80 Å². The predicted molar refractivity (Wildman–Crippen MR) is 129 cm³/mol. The smallest absolute Gasteiger partial charge is 0.376 e. The SMILES string of the molecule is COC(=O)c1ncc(N2CCN(c3ccc(Cl)c(-c4nc5ccccc5n4C)c3)CC2)cn1. The number of nitrogens with zero attached hydrogens (tertiary/aromatic N) is 6. The zero-order valence-electron chi connectivity index (χ0n) is 18.4. The molecule has 0 amide bonds. The Morgan fingerprint density at radius 2 is 1.64 bits per heavy atom. The molecule has 1 saturated heterocycles. The Morgan fingerprint density at radius 3 is 2.30 bits per heavy atom. The summed E-state index contributed by atoms with van der Waals surface area (Å²) in [5.74, 6) is 0.380. The number of aryl methyl sites for hydroxylation is 1. The van der Waals surface area contributed by atoms with Crippen molar-refractivity contribution in [2.75, 3.05) is 43.1 Å². The third-order valence-electron chi connectivity index (χ3n) is 5.99. The van der Waals surface area contributed by atoms with E-state index in [0.717, 1.165) is 60.0 Å². The van der Waals surface area contributed by atoms with Gasteiger partial charge >= 0.3 is 5.97 Å². The Balaban J connectivity index is 1.34. The van der Waals surface area contributed by atoms with Crippen molar-refractivity contribution in [3.8, 4) is 11.4 Å². The number of fused-ring (bicyclic) bond motifs is 1. The standard InChI is InChI=1S/C24H23ClN6O2/c1-29-21-6-4-3-5-20(21)28-23(29)18-13-16(7-8-19(18)25)30-9-11-31(12-10-30)17-14-26-22(27-15-17)24(32)33-2/h3-8,13-15H,9-12H2,1-2H3. The predicted octanol–water partition coefficient (Wildman–Crippen LogP) is 3.80. The third-order valence-corrected chi connectivity index (χ3v) is 6.32. The minimum atomic E-state index is -0.537. The summed E-state index contributed by atoms with van der Waals surface area (Å²) in [6.45, 7) is 3.29. The van der Waals surface area contributed by atoms with Crippen LogP contribution in [0.4, 0.5) is 11.4 Å². The van der Waals surface area contributed by atoms with Crippen LogP contribution in [0, 0.1) is 0 Å². The van der Waals surface area contributed by atoms with E-state index < -0.39 is 5.97 Å². The minimum absolute atomic E-state index is 0.0653. The highest BCUT2D eigenvalue weighted by Crippen LogP contribution is 2.33. The van der Waals surface area contributed by atoms with E-state index in [1.807, 2.05) is 31.3 Å². The van der Waals surface area contributed by atoms with Crippen LogP contribution in [0.5, 0.6) is 0 Å². The van der Waals surface area contributed by atoms with Gasteiger partial charge in [-0.15, -0.1) is 0 Å². The fourth-order valence-corrected chi connectivity index (χ4v) is 4.37. The summed E-state index contributed by atoms with van der Waals surface area (Å²) in [5.41, 5.74) is 4.94. The number of halogens is 1. The topological polar surface area (TPSA) is 76.4 Å². The minimum Gasteiger partial charge on any atom is -0.463 e. The van der Waals surface area contributed by atoms with Gasteiger partial charge in [0.15, 0.2) is 0 Å². The number of esters is 1. The third kappa shape index (κ3) is 3.98. The number of methoxy groups -OCH3 is 1. The summed E-state index contributed by atoms with van der Waals surface area (Å²) in [4.78, 5) is 29.1. The van der Waals surface area contributed by atoms with Gasteiger partial charge in [0.1, 0.15) is 5.82 Å². The first-order valence-corrected chi connectivity index (χ1v) is 11.0. The highest BCUT2D eigenvalue weighted by atomic mass is 35.5. The first kappa shape index (κ1) is 21.2. The maximum Gasteiger partial charge on any atom is 0.376 e. The lowest BCUT2D eigenvalue weighted by Gasteiger charge is -2.37. The monoisotopic (exact) mass is 462 g/mol. The number of anilines is 2. The molecule has 0 saturated carbocycles. The van der Waals surface area contributed by atoms with Crippen LogP contribution in [0.1, 0.15) is 10.6 Å². The van der Waals surface area contributed by atoms with Gasteiger partial charge in [-0.05, 0) is 30.3 Å². The Morgan fingerprint density at radius 1 is 0.970 bits per heavy atom. The van der Waals surface area contributed by atoms with Crippen LogP contribution in [0.2, 0.25) is 5.02 Å². The summed E-state index contributed by atoms with van der Waals surface area (Å²) in [5, 5.41) is 0.679. The molecule has 0 radical (unpaired) electrons. The van der Waals surface area contributed by atoms with Crippen molar-refractivity contribution in [2.24, 2.45) is 7.05 Å². The van der Waals surface area contributed by atoms with Crippen LogP contribution in [-0.2, 0) is 11.8 Å². The van der Waals surface area contributed by atoms with Gasteiger partial charge in [0.2, 0.25) is 5.82 Å². The largest absolute Gasteiger partial charge is 0.463 e. The molecule has 2 aromatic carbocycles. The first-order chi connectivity index (χ1) is 16.0. The van der Waals surface area contributed by atoms with Gasteiger partial charge in [-0.25, -0.2) is 19.7 Å². The van der Waals surface area contributed by atoms with Crippen LogP contribution in [0.3, 0.4) is 0 Å². The number of hydrogen-bond donors (Lipinski definition) is 0. The summed E-state index contributed by atoms with van der Waals surface area (Å²) >= 11 is 6.59. The molecule has 2 aromatic heterocycles. The van der Waals surface area contributed by atoms with Crippen molar-refractivity contribution in [3.63, 3.8) is 0 Å². The van der Waals surface area contributed by atoms with Gasteiger partial charge in [0.05, 0.1) is 41.2 Å². The molecular weight excluding hydrogens is 440 g/mol. The van der Waals surface area contributed by atoms with E-state index in [9.17, 15) is 4.79 Å². The molecule has 8 nitrogen and oxygen atoms in total. The van der Waals surface area contributed by atoms with Gasteiger partial charge in [-0.2, -0.15) is 0 Å². The number of para-hydroxylation sites is 2. The highest BCUT2D eigenvalue weighted by molar-refractivity contribution is 6.33. The van der Waals surface area contributed by atoms with Crippen LogP contribution >= 0.6 is 11.6 Å². The highest BCUT2D eigenvalue weighted by Gasteiger charge is 2.21. The quantitative estimate of drug-likeness (QED) is 0.427. The molecule has 1 aliphatic heterocycles. The summed E-state index contributed by atoms with van der Waals surface area (Å²) in [6, 6.07) is 14.2. The molecule has 0 spiro atoms. The summed E-state index contributed by atoms with van der Waals surface area (Å²) in [6.07, 6.45) is 3.34. The second-order valence-corrected chi connectivity index (χ2v) is 8.29. The van der Waals surface area contributed by atoms with E-state index in [-0.39, 0.29) is 5.82 Å². The molecule has 168 valence electrons. The maximum absolute atomic E-state index is 11.5. The molecule has 0 atom stereocenters. The molecule has 4 aromatic rings. The molecule has 3 heterocycles. The van der Waals surface area contributed by atoms with Crippen molar-refractivity contribution in [2.45, 2.75) is 0 Å². The number of carbonyl (C=O) groups excluding carboxylic acids is 1. The van der Waals surface area contributed by atoms with E-state index in [1.54, 1.807) is 12.4 Å². The number of benzene rings is 2. The van der Waals surface area contributed by atoms with E-state index in [0.29, 0.717) is 5.02 Å². The maximum atomic E-state index is 11.5. The van der Waals surface area contributed by atoms with Gasteiger partial charge in [-0.1, -0.05) is 23.7 Å². The Labute approximate surface area is 196 Å². The van der Waals surface area contributed by atoms with Gasteiger partial charge in [-0.3, -0.25) is 0 Å². The molecule has 1 fully saturated rings. The first-order valence-electron chi connectivity index (χ1n) is 10.7. The zero-order valence-corrected chi connectivity index (χ0v) is 19.2. The van der Waals surface area contributed by atoms with Gasteiger partial charge < -0.3 is 19.1 Å². The second-order valence-electron chi connectivity index (χ2n) is 7.88. The van der Waals surface area contributed by atoms with Crippen LogP contribution in [0.15, 0.2) is 54.9 Å². The van der Waals surface area contributed by atoms with Crippen LogP contribution in [-0.4, -0.2) is 58.8 Å². The normalized spacial score (nSPS) is 14.0. The average molecular weight is 463 g/mol. The number of aromatic nitrogens is 4. The Hall–Kier alpha value is -3.65. The van der Waals surface area contributed by atoms with E-state index >= 15 is 0 Å². The van der Waals surface area contributed by atoms with Crippen LogP contribution in [0.25, 0.3) is 22.4 Å². The average Bonchev–Trinajstić information content (AvgIpc) is 3.20. The fraction of sp³-hybridized carbons (Fsp3) is 0.250. The number of imidazole rings is 1. The molecule has 0 aliphatic carbocycles. The van der Waals surface area contributed by atoms with Gasteiger partial charge in [0, 0.05) is 44.5 Å². The second kappa shape index (κ2) is 8.71. The molecule has 9 heteroatoms. The van der Waals surface area contributed by atoms with Gasteiger partial charge in [0.25, 0.3) is 0 Å². The Bertz CT molecular complexity index is 1310. The zero-order chi connectivity index (χ0) is 22.9. The number of hydrogen-bond acceptors (Lipinski definition) is 7. The number of rotatable bonds is 4. The molecule has 0 N–H and O–H groups in total. The molecule has 33 heavy (non-hydrogen) atoms. The molecular formula is C24H23ClN6O2. The molecule has 0 bridgehead atoms. The lowest BCUT2D eigenvalue weighted by Crippen LogP contribution is -2.46. The van der Waals surface area contributed by atoms with E-state index in [2.05, 4.69) is 47.3 Å². The van der Waals surface area contributed by atoms with Crippen molar-refractivity contribution in [3.05, 3.63) is 65.7 Å².